The Balaban J connectivity index is 1.31. The monoisotopic (exact) mass is 496 g/mol. The number of ether oxygens (including phenoxy) is 4. The number of nitrogens with one attached hydrogen (secondary N) is 2. The van der Waals surface area contributed by atoms with Gasteiger partial charge in [0, 0.05) is 24.5 Å². The quantitative estimate of drug-likeness (QED) is 0.234. The van der Waals surface area contributed by atoms with Gasteiger partial charge in [-0.15, -0.1) is 0 Å². The molecule has 0 aliphatic heterocycles. The summed E-state index contributed by atoms with van der Waals surface area (Å²) in [4.78, 5) is 0. The van der Waals surface area contributed by atoms with E-state index < -0.39 is 12.2 Å². The Bertz CT molecular complexity index is 914. The minimum atomic E-state index is -0.675. The third kappa shape index (κ3) is 9.56. The number of aliphatic hydroxyl groups excluding tert-OH is 2. The van der Waals surface area contributed by atoms with Crippen molar-refractivity contribution < 1.29 is 29.2 Å². The molecule has 3 aromatic carbocycles. The number of aliphatic hydroxyl groups is 2. The fraction of sp³-hybridized carbons (Fsp3) is 0.357. The largest absolute Gasteiger partial charge is 0.494 e. The first kappa shape index (κ1) is 27.0. The van der Waals surface area contributed by atoms with Crippen LogP contribution in [0.3, 0.4) is 0 Å². The van der Waals surface area contributed by atoms with Gasteiger partial charge < -0.3 is 39.8 Å². The van der Waals surface area contributed by atoms with Crippen LogP contribution in [0, 0.1) is 0 Å². The second-order valence-corrected chi connectivity index (χ2v) is 8.08. The van der Waals surface area contributed by atoms with Crippen LogP contribution in [0.15, 0.2) is 72.8 Å². The molecule has 3 rings (SSSR count). The lowest BCUT2D eigenvalue weighted by Crippen LogP contribution is -2.26. The van der Waals surface area contributed by atoms with Crippen molar-refractivity contribution in [3.05, 3.63) is 72.8 Å². The highest BCUT2D eigenvalue weighted by Crippen LogP contribution is 2.19. The molecule has 0 spiro atoms. The first-order valence-electron chi connectivity index (χ1n) is 12.2. The van der Waals surface area contributed by atoms with Crippen LogP contribution >= 0.6 is 0 Å². The number of hydrogen-bond acceptors (Lipinski definition) is 8. The summed E-state index contributed by atoms with van der Waals surface area (Å²) in [5.74, 6) is 2.88. The van der Waals surface area contributed by atoms with Crippen molar-refractivity contribution in [2.24, 2.45) is 0 Å². The van der Waals surface area contributed by atoms with Gasteiger partial charge in [-0.05, 0) is 86.6 Å². The summed E-state index contributed by atoms with van der Waals surface area (Å²) in [5, 5.41) is 26.8. The van der Waals surface area contributed by atoms with Crippen molar-refractivity contribution in [2.45, 2.75) is 26.1 Å². The highest BCUT2D eigenvalue weighted by Gasteiger charge is 2.08. The van der Waals surface area contributed by atoms with Crippen LogP contribution in [0.25, 0.3) is 0 Å². The first-order chi connectivity index (χ1) is 17.6. The third-order valence-electron chi connectivity index (χ3n) is 5.12. The topological polar surface area (TPSA) is 101 Å². The van der Waals surface area contributed by atoms with Crippen molar-refractivity contribution in [1.82, 2.24) is 0 Å². The van der Waals surface area contributed by atoms with Crippen LogP contribution in [0.5, 0.6) is 23.0 Å². The number of anilines is 2. The van der Waals surface area contributed by atoms with Crippen molar-refractivity contribution in [2.75, 3.05) is 50.2 Å². The fourth-order valence-electron chi connectivity index (χ4n) is 3.28. The van der Waals surface area contributed by atoms with E-state index in [0.717, 1.165) is 22.9 Å². The van der Waals surface area contributed by atoms with Crippen LogP contribution < -0.4 is 29.6 Å². The van der Waals surface area contributed by atoms with Crippen molar-refractivity contribution >= 4 is 11.4 Å². The highest BCUT2D eigenvalue weighted by molar-refractivity contribution is 5.47. The zero-order valence-corrected chi connectivity index (χ0v) is 20.9. The zero-order chi connectivity index (χ0) is 25.6. The maximum atomic E-state index is 10.2. The molecule has 0 fully saturated rings. The molecule has 0 unspecified atom stereocenters. The number of rotatable bonds is 16. The lowest BCUT2D eigenvalue weighted by Gasteiger charge is -2.16. The third-order valence-corrected chi connectivity index (χ3v) is 5.12. The normalized spacial score (nSPS) is 12.3. The summed E-state index contributed by atoms with van der Waals surface area (Å²) < 4.78 is 22.2. The molecule has 36 heavy (non-hydrogen) atoms. The average Bonchev–Trinajstić information content (AvgIpc) is 2.91. The highest BCUT2D eigenvalue weighted by atomic mass is 16.5. The van der Waals surface area contributed by atoms with E-state index in [0.29, 0.717) is 37.8 Å². The fourth-order valence-corrected chi connectivity index (χ4v) is 3.28. The van der Waals surface area contributed by atoms with Crippen LogP contribution in [-0.2, 0) is 0 Å². The average molecular weight is 497 g/mol. The summed E-state index contributed by atoms with van der Waals surface area (Å²) in [6.45, 7) is 6.16. The Morgan fingerprint density at radius 2 is 0.833 bits per heavy atom. The molecule has 0 radical (unpaired) electrons. The van der Waals surface area contributed by atoms with Gasteiger partial charge in [-0.1, -0.05) is 0 Å². The molecule has 0 aromatic heterocycles. The number of benzene rings is 3. The lowest BCUT2D eigenvalue weighted by atomic mass is 10.3. The minimum Gasteiger partial charge on any atom is -0.494 e. The Labute approximate surface area is 212 Å². The molecule has 0 heterocycles. The van der Waals surface area contributed by atoms with Crippen LogP contribution in [0.2, 0.25) is 0 Å². The molecule has 0 saturated carbocycles. The molecule has 0 aliphatic carbocycles. The van der Waals surface area contributed by atoms with Crippen LogP contribution in [-0.4, -0.2) is 61.9 Å². The van der Waals surface area contributed by atoms with E-state index in [4.69, 9.17) is 18.9 Å². The minimum absolute atomic E-state index is 0.153. The van der Waals surface area contributed by atoms with Gasteiger partial charge in [0.1, 0.15) is 48.4 Å². The van der Waals surface area contributed by atoms with Crippen LogP contribution in [0.4, 0.5) is 11.4 Å². The second-order valence-electron chi connectivity index (χ2n) is 8.08. The van der Waals surface area contributed by atoms with Gasteiger partial charge >= 0.3 is 0 Å². The maximum absolute atomic E-state index is 10.2. The SMILES string of the molecule is CCOc1ccc(NC[C@H](O)COc2ccc(OC[C@@H](O)CNc3ccc(OCC)cc3)cc2)cc1. The van der Waals surface area contributed by atoms with Gasteiger partial charge in [-0.3, -0.25) is 0 Å². The molecule has 0 amide bonds. The molecule has 0 saturated heterocycles. The molecule has 8 nitrogen and oxygen atoms in total. The zero-order valence-electron chi connectivity index (χ0n) is 20.9. The Kier molecular flexibility index (Phi) is 11.0. The lowest BCUT2D eigenvalue weighted by molar-refractivity contribution is 0.115. The van der Waals surface area contributed by atoms with Gasteiger partial charge in [-0.2, -0.15) is 0 Å². The molecule has 8 heteroatoms. The molecule has 2 atom stereocenters. The van der Waals surface area contributed by atoms with Crippen LogP contribution in [0.1, 0.15) is 13.8 Å². The summed E-state index contributed by atoms with van der Waals surface area (Å²) >= 11 is 0. The number of hydrogen-bond donors (Lipinski definition) is 4. The molecule has 3 aromatic rings. The van der Waals surface area contributed by atoms with Gasteiger partial charge in [-0.25, -0.2) is 0 Å². The summed E-state index contributed by atoms with van der Waals surface area (Å²) in [6.07, 6.45) is -1.35. The van der Waals surface area contributed by atoms with Gasteiger partial charge in [0.25, 0.3) is 0 Å². The van der Waals surface area contributed by atoms with Gasteiger partial charge in [0.15, 0.2) is 0 Å². The first-order valence-corrected chi connectivity index (χ1v) is 12.2. The summed E-state index contributed by atoms with van der Waals surface area (Å²) in [5.41, 5.74) is 1.80. The molecular weight excluding hydrogens is 460 g/mol. The Morgan fingerprint density at radius 3 is 1.17 bits per heavy atom. The predicted octanol–water partition coefficient (Wildman–Crippen LogP) is 4.19. The smallest absolute Gasteiger partial charge is 0.119 e. The van der Waals surface area contributed by atoms with E-state index in [-0.39, 0.29) is 13.2 Å². The van der Waals surface area contributed by atoms with E-state index in [1.807, 2.05) is 62.4 Å². The predicted molar refractivity (Wildman–Crippen MR) is 142 cm³/mol. The Hall–Kier alpha value is -3.62. The molecule has 4 N–H and O–H groups in total. The van der Waals surface area contributed by atoms with Crippen molar-refractivity contribution in [1.29, 1.82) is 0 Å². The second kappa shape index (κ2) is 14.7. The van der Waals surface area contributed by atoms with E-state index >= 15 is 0 Å². The van der Waals surface area contributed by atoms with Gasteiger partial charge in [0.05, 0.1) is 13.2 Å². The van der Waals surface area contributed by atoms with E-state index in [9.17, 15) is 10.2 Å². The van der Waals surface area contributed by atoms with E-state index in [1.165, 1.54) is 0 Å². The maximum Gasteiger partial charge on any atom is 0.119 e. The molecule has 0 bridgehead atoms. The molecule has 194 valence electrons. The summed E-state index contributed by atoms with van der Waals surface area (Å²) in [7, 11) is 0. The van der Waals surface area contributed by atoms with Crippen molar-refractivity contribution in [3.8, 4) is 23.0 Å². The molecular formula is C28H36N2O6. The van der Waals surface area contributed by atoms with E-state index in [2.05, 4.69) is 10.6 Å². The van der Waals surface area contributed by atoms with E-state index in [1.54, 1.807) is 24.3 Å². The molecule has 0 aliphatic rings. The Morgan fingerprint density at radius 1 is 0.528 bits per heavy atom. The standard InChI is InChI=1S/C28H36N2O6/c1-3-33-25-9-5-21(6-10-25)29-17-23(31)19-35-27-13-15-28(16-14-27)36-20-24(32)18-30-22-7-11-26(12-8-22)34-4-2/h5-16,23-24,29-32H,3-4,17-20H2,1-2H3/t23-,24-/m0/s1. The van der Waals surface area contributed by atoms with Gasteiger partial charge in [0.2, 0.25) is 0 Å². The van der Waals surface area contributed by atoms with Crippen molar-refractivity contribution in [3.63, 3.8) is 0 Å². The summed E-state index contributed by atoms with van der Waals surface area (Å²) in [6, 6.07) is 22.2.